The number of sulfonamides is 1. The maximum absolute atomic E-state index is 12.2. The van der Waals surface area contributed by atoms with Gasteiger partial charge in [-0.05, 0) is 31.2 Å². The van der Waals surface area contributed by atoms with Crippen LogP contribution < -0.4 is 9.46 Å². The molecule has 0 unspecified atom stereocenters. The van der Waals surface area contributed by atoms with Crippen LogP contribution in [0.25, 0.3) is 0 Å². The Balaban J connectivity index is 2.26. The van der Waals surface area contributed by atoms with Gasteiger partial charge < -0.3 is 4.74 Å². The smallest absolute Gasteiger partial charge is 0.262 e. The van der Waals surface area contributed by atoms with Gasteiger partial charge in [0.2, 0.25) is 0 Å². The molecule has 0 aliphatic heterocycles. The van der Waals surface area contributed by atoms with Gasteiger partial charge in [0.15, 0.2) is 0 Å². The molecule has 0 amide bonds. The highest BCUT2D eigenvalue weighted by Crippen LogP contribution is 2.21. The Morgan fingerprint density at radius 2 is 2.10 bits per heavy atom. The van der Waals surface area contributed by atoms with E-state index in [9.17, 15) is 8.42 Å². The summed E-state index contributed by atoms with van der Waals surface area (Å²) in [6, 6.07) is 9.39. The molecule has 0 radical (unpaired) electrons. The van der Waals surface area contributed by atoms with Gasteiger partial charge in [0, 0.05) is 12.3 Å². The Kier molecular flexibility index (Phi) is 4.46. The fourth-order valence-electron chi connectivity index (χ4n) is 1.58. The Hall–Kier alpha value is -1.79. The third-order valence-electron chi connectivity index (χ3n) is 2.41. The molecule has 0 spiro atoms. The minimum atomic E-state index is -3.70. The van der Waals surface area contributed by atoms with E-state index in [0.717, 1.165) is 0 Å². The lowest BCUT2D eigenvalue weighted by atomic mass is 10.3. The Bertz CT molecular complexity index is 704. The Morgan fingerprint density at radius 3 is 2.80 bits per heavy atom. The van der Waals surface area contributed by atoms with E-state index in [1.165, 1.54) is 18.3 Å². The second kappa shape index (κ2) is 6.11. The fraction of sp³-hybridized carbons (Fsp3) is 0.154. The van der Waals surface area contributed by atoms with Crippen molar-refractivity contribution in [1.29, 1.82) is 0 Å². The van der Waals surface area contributed by atoms with Crippen molar-refractivity contribution < 1.29 is 13.2 Å². The fourth-order valence-corrected chi connectivity index (χ4v) is 2.88. The van der Waals surface area contributed by atoms with E-state index in [2.05, 4.69) is 9.71 Å². The molecule has 0 bridgehead atoms. The lowest BCUT2D eigenvalue weighted by molar-refractivity contribution is 0.340. The van der Waals surface area contributed by atoms with Gasteiger partial charge in [-0.15, -0.1) is 0 Å². The second-order valence-electron chi connectivity index (χ2n) is 3.88. The monoisotopic (exact) mass is 312 g/mol. The van der Waals surface area contributed by atoms with Gasteiger partial charge in [0.25, 0.3) is 10.0 Å². The quantitative estimate of drug-likeness (QED) is 0.862. The van der Waals surface area contributed by atoms with E-state index in [-0.39, 0.29) is 10.0 Å². The van der Waals surface area contributed by atoms with Crippen molar-refractivity contribution in [2.45, 2.75) is 11.8 Å². The lowest BCUT2D eigenvalue weighted by Crippen LogP contribution is -2.13. The average Bonchev–Trinajstić information content (AvgIpc) is 2.39. The molecule has 20 heavy (non-hydrogen) atoms. The maximum Gasteiger partial charge on any atom is 0.262 e. The van der Waals surface area contributed by atoms with Gasteiger partial charge in [0.1, 0.15) is 10.9 Å². The molecular weight excluding hydrogens is 300 g/mol. The lowest BCUT2D eigenvalue weighted by Gasteiger charge is -2.09. The molecule has 0 aliphatic carbocycles. The summed E-state index contributed by atoms with van der Waals surface area (Å²) in [5, 5.41) is 0.121. The van der Waals surface area contributed by atoms with Crippen LogP contribution in [0.3, 0.4) is 0 Å². The van der Waals surface area contributed by atoms with Crippen LogP contribution in [0.15, 0.2) is 47.5 Å². The van der Waals surface area contributed by atoms with E-state index in [1.807, 2.05) is 6.92 Å². The maximum atomic E-state index is 12.2. The highest BCUT2D eigenvalue weighted by atomic mass is 35.5. The summed E-state index contributed by atoms with van der Waals surface area (Å²) < 4.78 is 32.2. The van der Waals surface area contributed by atoms with Crippen molar-refractivity contribution >= 4 is 27.3 Å². The SMILES string of the molecule is CCOc1cccc(NS(=O)(=O)c2ccnc(Cl)c2)c1. The van der Waals surface area contributed by atoms with Gasteiger partial charge in [-0.3, -0.25) is 4.72 Å². The third kappa shape index (κ3) is 3.61. The molecule has 0 saturated heterocycles. The molecule has 0 fully saturated rings. The third-order valence-corrected chi connectivity index (χ3v) is 3.99. The molecule has 7 heteroatoms. The number of hydrogen-bond donors (Lipinski definition) is 1. The van der Waals surface area contributed by atoms with E-state index in [4.69, 9.17) is 16.3 Å². The summed E-state index contributed by atoms with van der Waals surface area (Å²) in [6.45, 7) is 2.37. The van der Waals surface area contributed by atoms with Crippen molar-refractivity contribution in [2.24, 2.45) is 0 Å². The van der Waals surface area contributed by atoms with Crippen LogP contribution in [0, 0.1) is 0 Å². The van der Waals surface area contributed by atoms with Gasteiger partial charge in [0.05, 0.1) is 17.2 Å². The number of anilines is 1. The number of nitrogens with zero attached hydrogens (tertiary/aromatic N) is 1. The predicted octanol–water partition coefficient (Wildman–Crippen LogP) is 2.93. The van der Waals surface area contributed by atoms with E-state index in [0.29, 0.717) is 18.0 Å². The first kappa shape index (κ1) is 14.6. The standard InChI is InChI=1S/C13H13ClN2O3S/c1-2-19-11-5-3-4-10(8-11)16-20(17,18)12-6-7-15-13(14)9-12/h3-9,16H,2H2,1H3. The highest BCUT2D eigenvalue weighted by molar-refractivity contribution is 7.92. The van der Waals surface area contributed by atoms with Gasteiger partial charge in [-0.1, -0.05) is 17.7 Å². The number of halogens is 1. The first-order valence-corrected chi connectivity index (χ1v) is 7.74. The number of ether oxygens (including phenoxy) is 1. The van der Waals surface area contributed by atoms with E-state index in [1.54, 1.807) is 24.3 Å². The van der Waals surface area contributed by atoms with Crippen LogP contribution in [0.4, 0.5) is 5.69 Å². The van der Waals surface area contributed by atoms with Gasteiger partial charge >= 0.3 is 0 Å². The van der Waals surface area contributed by atoms with Crippen molar-refractivity contribution in [2.75, 3.05) is 11.3 Å². The normalized spacial score (nSPS) is 11.1. The number of benzene rings is 1. The molecule has 5 nitrogen and oxygen atoms in total. The largest absolute Gasteiger partial charge is 0.494 e. The Morgan fingerprint density at radius 1 is 1.30 bits per heavy atom. The summed E-state index contributed by atoms with van der Waals surface area (Å²) in [5.41, 5.74) is 0.420. The molecule has 1 heterocycles. The van der Waals surface area contributed by atoms with Crippen molar-refractivity contribution in [3.63, 3.8) is 0 Å². The molecule has 2 rings (SSSR count). The topological polar surface area (TPSA) is 68.3 Å². The molecule has 1 aromatic heterocycles. The number of hydrogen-bond acceptors (Lipinski definition) is 4. The van der Waals surface area contributed by atoms with Crippen molar-refractivity contribution in [3.8, 4) is 5.75 Å². The second-order valence-corrected chi connectivity index (χ2v) is 5.95. The van der Waals surface area contributed by atoms with Crippen LogP contribution in [0.1, 0.15) is 6.92 Å². The molecule has 2 aromatic rings. The van der Waals surface area contributed by atoms with Crippen LogP contribution in [0.2, 0.25) is 5.15 Å². The summed E-state index contributed by atoms with van der Waals surface area (Å²) >= 11 is 5.70. The van der Waals surface area contributed by atoms with Crippen LogP contribution in [-0.4, -0.2) is 20.0 Å². The van der Waals surface area contributed by atoms with Crippen molar-refractivity contribution in [3.05, 3.63) is 47.7 Å². The molecule has 1 aromatic carbocycles. The highest BCUT2D eigenvalue weighted by Gasteiger charge is 2.15. The first-order valence-electron chi connectivity index (χ1n) is 5.88. The zero-order chi connectivity index (χ0) is 14.6. The van der Waals surface area contributed by atoms with Crippen LogP contribution >= 0.6 is 11.6 Å². The minimum absolute atomic E-state index is 0.0549. The average molecular weight is 313 g/mol. The number of aromatic nitrogens is 1. The summed E-state index contributed by atoms with van der Waals surface area (Å²) in [4.78, 5) is 3.81. The molecule has 106 valence electrons. The minimum Gasteiger partial charge on any atom is -0.494 e. The summed E-state index contributed by atoms with van der Waals surface area (Å²) in [7, 11) is -3.70. The predicted molar refractivity (Wildman–Crippen MR) is 77.7 cm³/mol. The molecule has 0 atom stereocenters. The number of pyridine rings is 1. The molecule has 1 N–H and O–H groups in total. The summed E-state index contributed by atoms with van der Waals surface area (Å²) in [5.74, 6) is 0.598. The zero-order valence-corrected chi connectivity index (χ0v) is 12.3. The zero-order valence-electron chi connectivity index (χ0n) is 10.7. The van der Waals surface area contributed by atoms with Gasteiger partial charge in [-0.25, -0.2) is 13.4 Å². The summed E-state index contributed by atoms with van der Waals surface area (Å²) in [6.07, 6.45) is 1.34. The number of nitrogens with one attached hydrogen (secondary N) is 1. The molecule has 0 saturated carbocycles. The van der Waals surface area contributed by atoms with E-state index < -0.39 is 10.0 Å². The van der Waals surface area contributed by atoms with Crippen LogP contribution in [0.5, 0.6) is 5.75 Å². The molecule has 0 aliphatic rings. The van der Waals surface area contributed by atoms with Crippen LogP contribution in [-0.2, 0) is 10.0 Å². The Labute approximate surface area is 122 Å². The van der Waals surface area contributed by atoms with Crippen molar-refractivity contribution in [1.82, 2.24) is 4.98 Å². The molecular formula is C13H13ClN2O3S. The van der Waals surface area contributed by atoms with Gasteiger partial charge in [-0.2, -0.15) is 0 Å². The number of rotatable bonds is 5. The first-order chi connectivity index (χ1) is 9.51. The van der Waals surface area contributed by atoms with E-state index >= 15 is 0 Å².